The summed E-state index contributed by atoms with van der Waals surface area (Å²) >= 11 is 3.56. The highest BCUT2D eigenvalue weighted by molar-refractivity contribution is 9.10. The van der Waals surface area contributed by atoms with Gasteiger partial charge in [0.15, 0.2) is 0 Å². The average Bonchev–Trinajstić information content (AvgIpc) is 2.71. The molecule has 1 heterocycles. The van der Waals surface area contributed by atoms with Crippen LogP contribution in [0.5, 0.6) is 5.75 Å². The minimum absolute atomic E-state index is 0.155. The molecule has 0 bridgehead atoms. The van der Waals surface area contributed by atoms with Gasteiger partial charge in [-0.3, -0.25) is 10.0 Å². The number of amidine groups is 1. The van der Waals surface area contributed by atoms with Crippen molar-refractivity contribution in [1.82, 2.24) is 5.01 Å². The number of rotatable bonds is 2. The smallest absolute Gasteiger partial charge is 0.143 e. The molecule has 3 rings (SSSR count). The highest BCUT2D eigenvalue weighted by Crippen LogP contribution is 2.31. The zero-order chi connectivity index (χ0) is 18.1. The Kier molecular flexibility index (Phi) is 4.92. The number of aliphatic imine (C=N–C) groups is 2. The summed E-state index contributed by atoms with van der Waals surface area (Å²) in [5.41, 5.74) is 4.90. The first-order chi connectivity index (χ1) is 11.9. The topological polar surface area (TPSA) is 63.2 Å². The summed E-state index contributed by atoms with van der Waals surface area (Å²) in [7, 11) is 3.45. The molecule has 6 heteroatoms. The molecule has 2 N–H and O–H groups in total. The number of hydrogen-bond donors (Lipinski definition) is 1. The lowest BCUT2D eigenvalue weighted by molar-refractivity contribution is 0.414. The molecule has 0 aromatic heterocycles. The summed E-state index contributed by atoms with van der Waals surface area (Å²) in [6, 6.07) is 11.9. The number of hydrogen-bond acceptors (Lipinski definition) is 5. The number of methoxy groups -OCH3 is 1. The van der Waals surface area contributed by atoms with Gasteiger partial charge in [0.25, 0.3) is 0 Å². The van der Waals surface area contributed by atoms with Gasteiger partial charge in [-0.05, 0) is 55.8 Å². The van der Waals surface area contributed by atoms with Crippen molar-refractivity contribution < 1.29 is 4.74 Å². The summed E-state index contributed by atoms with van der Waals surface area (Å²) in [6.07, 6.45) is 0. The zero-order valence-corrected chi connectivity index (χ0v) is 16.3. The minimum atomic E-state index is -0.155. The Hall–Kier alpha value is -2.18. The fourth-order valence-electron chi connectivity index (χ4n) is 2.95. The summed E-state index contributed by atoms with van der Waals surface area (Å²) in [5, 5.41) is 1.53. The Morgan fingerprint density at radius 1 is 1.16 bits per heavy atom. The maximum atomic E-state index is 5.97. The molecule has 0 fully saturated rings. The largest absolute Gasteiger partial charge is 0.497 e. The van der Waals surface area contributed by atoms with Crippen LogP contribution >= 0.6 is 15.9 Å². The molecule has 25 heavy (non-hydrogen) atoms. The van der Waals surface area contributed by atoms with Crippen LogP contribution in [0.3, 0.4) is 0 Å². The number of ether oxygens (including phenoxy) is 1. The van der Waals surface area contributed by atoms with E-state index < -0.39 is 0 Å². The Morgan fingerprint density at radius 3 is 2.56 bits per heavy atom. The van der Waals surface area contributed by atoms with Gasteiger partial charge in [0, 0.05) is 22.6 Å². The monoisotopic (exact) mass is 400 g/mol. The van der Waals surface area contributed by atoms with Gasteiger partial charge in [-0.1, -0.05) is 15.9 Å². The number of fused-ring (bicyclic) bond motifs is 1. The first-order valence-electron chi connectivity index (χ1n) is 8.00. The highest BCUT2D eigenvalue weighted by atomic mass is 79.9. The molecule has 2 aromatic carbocycles. The van der Waals surface area contributed by atoms with Crippen LogP contribution in [0.15, 0.2) is 50.9 Å². The van der Waals surface area contributed by atoms with Gasteiger partial charge in [-0.2, -0.15) is 0 Å². The lowest BCUT2D eigenvalue weighted by atomic mass is 9.96. The van der Waals surface area contributed by atoms with Crippen LogP contribution in [0.25, 0.3) is 0 Å². The van der Waals surface area contributed by atoms with E-state index in [9.17, 15) is 0 Å². The van der Waals surface area contributed by atoms with Crippen LogP contribution in [0.1, 0.15) is 23.6 Å². The van der Waals surface area contributed by atoms with E-state index in [2.05, 4.69) is 22.9 Å². The zero-order valence-electron chi connectivity index (χ0n) is 14.7. The number of hydrazine groups is 1. The second-order valence-corrected chi connectivity index (χ2v) is 6.99. The molecule has 0 aliphatic carbocycles. The van der Waals surface area contributed by atoms with Crippen molar-refractivity contribution in [2.45, 2.75) is 19.9 Å². The molecule has 2 aromatic rings. The third-order valence-electron chi connectivity index (χ3n) is 4.20. The van der Waals surface area contributed by atoms with Crippen molar-refractivity contribution >= 4 is 33.2 Å². The van der Waals surface area contributed by atoms with Crippen LogP contribution < -0.4 is 10.6 Å². The molecule has 5 nitrogen and oxygen atoms in total. The van der Waals surface area contributed by atoms with E-state index >= 15 is 0 Å². The molecule has 1 unspecified atom stereocenters. The van der Waals surface area contributed by atoms with Crippen molar-refractivity contribution in [2.75, 3.05) is 14.2 Å². The maximum Gasteiger partial charge on any atom is 0.143 e. The van der Waals surface area contributed by atoms with E-state index in [0.29, 0.717) is 0 Å². The summed E-state index contributed by atoms with van der Waals surface area (Å²) in [4.78, 5) is 9.71. The van der Waals surface area contributed by atoms with E-state index in [0.717, 1.165) is 44.1 Å². The number of nitrogens with zero attached hydrogens (tertiary/aromatic N) is 3. The van der Waals surface area contributed by atoms with Crippen LogP contribution in [0, 0.1) is 6.92 Å². The van der Waals surface area contributed by atoms with E-state index in [1.54, 1.807) is 14.2 Å². The minimum Gasteiger partial charge on any atom is -0.497 e. The van der Waals surface area contributed by atoms with E-state index in [1.165, 1.54) is 5.01 Å². The van der Waals surface area contributed by atoms with Crippen LogP contribution in [0.2, 0.25) is 0 Å². The molecule has 0 saturated carbocycles. The molecule has 0 radical (unpaired) electrons. The standard InChI is InChI=1S/C19H21BrN4O/c1-11-9-14(25-4)6-7-15(11)18-16-10-13(20)5-8-17(16)23-19(24(3)21)12(2)22-18/h5-10,12H,21H2,1-4H3. The fraction of sp³-hybridized carbons (Fsp3) is 0.263. The van der Waals surface area contributed by atoms with Gasteiger partial charge >= 0.3 is 0 Å². The summed E-state index contributed by atoms with van der Waals surface area (Å²) < 4.78 is 6.31. The molecular formula is C19H21BrN4O. The fourth-order valence-corrected chi connectivity index (χ4v) is 3.31. The predicted octanol–water partition coefficient (Wildman–Crippen LogP) is 3.84. The van der Waals surface area contributed by atoms with Gasteiger partial charge in [0.2, 0.25) is 0 Å². The Morgan fingerprint density at radius 2 is 1.92 bits per heavy atom. The van der Waals surface area contributed by atoms with Gasteiger partial charge in [-0.25, -0.2) is 10.8 Å². The number of benzene rings is 2. The van der Waals surface area contributed by atoms with Crippen molar-refractivity contribution in [3.8, 4) is 5.75 Å². The third kappa shape index (κ3) is 3.45. The molecule has 1 atom stereocenters. The molecule has 1 aliphatic rings. The Labute approximate surface area is 156 Å². The van der Waals surface area contributed by atoms with Crippen LogP contribution in [0.4, 0.5) is 5.69 Å². The average molecular weight is 401 g/mol. The molecule has 0 amide bonds. The molecule has 130 valence electrons. The van der Waals surface area contributed by atoms with Crippen molar-refractivity contribution in [2.24, 2.45) is 15.8 Å². The number of halogens is 1. The Balaban J connectivity index is 2.24. The Bertz CT molecular complexity index is 874. The molecule has 1 aliphatic heterocycles. The van der Waals surface area contributed by atoms with Gasteiger partial charge in [0.1, 0.15) is 17.6 Å². The van der Waals surface area contributed by atoms with Crippen molar-refractivity contribution in [3.05, 3.63) is 57.6 Å². The molecule has 0 spiro atoms. The normalized spacial score (nSPS) is 16.5. The number of nitrogens with two attached hydrogens (primary N) is 1. The van der Waals surface area contributed by atoms with E-state index in [-0.39, 0.29) is 6.04 Å². The number of likely N-dealkylation sites (N-methyl/N-ethyl adjacent to an activating group) is 1. The quantitative estimate of drug-likeness (QED) is 0.614. The van der Waals surface area contributed by atoms with Gasteiger partial charge in [0.05, 0.1) is 18.5 Å². The van der Waals surface area contributed by atoms with Gasteiger partial charge in [-0.15, -0.1) is 0 Å². The lowest BCUT2D eigenvalue weighted by Crippen LogP contribution is -2.39. The number of aryl methyl sites for hydroxylation is 1. The maximum absolute atomic E-state index is 5.97. The molecular weight excluding hydrogens is 380 g/mol. The summed E-state index contributed by atoms with van der Waals surface area (Å²) in [5.74, 6) is 7.53. The van der Waals surface area contributed by atoms with Gasteiger partial charge < -0.3 is 4.74 Å². The first-order valence-corrected chi connectivity index (χ1v) is 8.79. The third-order valence-corrected chi connectivity index (χ3v) is 4.69. The van der Waals surface area contributed by atoms with Crippen molar-refractivity contribution in [3.63, 3.8) is 0 Å². The van der Waals surface area contributed by atoms with E-state index in [4.69, 9.17) is 20.6 Å². The highest BCUT2D eigenvalue weighted by Gasteiger charge is 2.23. The second-order valence-electron chi connectivity index (χ2n) is 6.08. The lowest BCUT2D eigenvalue weighted by Gasteiger charge is -2.18. The second kappa shape index (κ2) is 6.98. The SMILES string of the molecule is COc1ccc(C2=NC(C)C(N(C)N)=Nc3ccc(Br)cc32)c(C)c1. The predicted molar refractivity (Wildman–Crippen MR) is 106 cm³/mol. The summed E-state index contributed by atoms with van der Waals surface area (Å²) in [6.45, 7) is 4.06. The van der Waals surface area contributed by atoms with E-state index in [1.807, 2.05) is 43.3 Å². The molecule has 0 saturated heterocycles. The van der Waals surface area contributed by atoms with Crippen molar-refractivity contribution in [1.29, 1.82) is 0 Å². The first kappa shape index (κ1) is 17.6. The van der Waals surface area contributed by atoms with Crippen LogP contribution in [-0.4, -0.2) is 36.8 Å². The van der Waals surface area contributed by atoms with Crippen LogP contribution in [-0.2, 0) is 0 Å².